The van der Waals surface area contributed by atoms with Crippen LogP contribution in [0.2, 0.25) is 5.02 Å². The van der Waals surface area contributed by atoms with Gasteiger partial charge in [0.25, 0.3) is 0 Å². The average molecular weight is 229 g/mol. The lowest BCUT2D eigenvalue weighted by atomic mass is 10.1. The second-order valence-electron chi connectivity index (χ2n) is 3.26. The summed E-state index contributed by atoms with van der Waals surface area (Å²) in [5.74, 6) is -0.821. The first-order chi connectivity index (χ1) is 7.20. The van der Waals surface area contributed by atoms with Crippen molar-refractivity contribution in [3.63, 3.8) is 0 Å². The van der Waals surface area contributed by atoms with Gasteiger partial charge < -0.3 is 0 Å². The van der Waals surface area contributed by atoms with E-state index in [4.69, 9.17) is 16.9 Å². The molecule has 1 N–H and O–H groups in total. The minimum atomic E-state index is -0.821. The lowest BCUT2D eigenvalue weighted by molar-refractivity contribution is -0.182. The van der Waals surface area contributed by atoms with Gasteiger partial charge in [-0.3, -0.25) is 4.89 Å². The second-order valence-corrected chi connectivity index (χ2v) is 3.64. The van der Waals surface area contributed by atoms with Crippen LogP contribution in [-0.4, -0.2) is 11.2 Å². The zero-order chi connectivity index (χ0) is 11.3. The Labute approximate surface area is 93.6 Å². The number of unbranched alkanes of at least 4 members (excludes halogenated alkanes) is 1. The first-order valence-corrected chi connectivity index (χ1v) is 5.21. The Balaban J connectivity index is 2.95. The molecule has 0 radical (unpaired) electrons. The van der Waals surface area contributed by atoms with Gasteiger partial charge in [-0.25, -0.2) is 4.79 Å². The average Bonchev–Trinajstić information content (AvgIpc) is 2.27. The Bertz CT molecular complexity index is 350. The highest BCUT2D eigenvalue weighted by Gasteiger charge is 2.14. The molecule has 3 nitrogen and oxygen atoms in total. The van der Waals surface area contributed by atoms with E-state index in [2.05, 4.69) is 11.8 Å². The standard InChI is InChI=1S/C11H13ClO3/c1-2-3-5-8-6-4-7-9(10(8)12)11(13)15-14/h4,6-7,14H,2-3,5H2,1H3. The highest BCUT2D eigenvalue weighted by Crippen LogP contribution is 2.23. The summed E-state index contributed by atoms with van der Waals surface area (Å²) in [6, 6.07) is 5.12. The smallest absolute Gasteiger partial charge is 0.295 e. The van der Waals surface area contributed by atoms with E-state index in [9.17, 15) is 4.79 Å². The van der Waals surface area contributed by atoms with E-state index >= 15 is 0 Å². The Morgan fingerprint density at radius 1 is 1.53 bits per heavy atom. The van der Waals surface area contributed by atoms with Crippen molar-refractivity contribution in [3.8, 4) is 0 Å². The van der Waals surface area contributed by atoms with Crippen molar-refractivity contribution in [3.05, 3.63) is 34.3 Å². The van der Waals surface area contributed by atoms with Crippen molar-refractivity contribution in [1.82, 2.24) is 0 Å². The van der Waals surface area contributed by atoms with E-state index in [-0.39, 0.29) is 5.56 Å². The molecule has 0 bridgehead atoms. The van der Waals surface area contributed by atoms with Crippen LogP contribution in [0.1, 0.15) is 35.7 Å². The molecule has 0 aliphatic carbocycles. The van der Waals surface area contributed by atoms with E-state index in [0.29, 0.717) is 5.02 Å². The lowest BCUT2D eigenvalue weighted by Crippen LogP contribution is -2.04. The van der Waals surface area contributed by atoms with E-state index in [1.54, 1.807) is 6.07 Å². The first-order valence-electron chi connectivity index (χ1n) is 4.83. The molecule has 0 atom stereocenters. The maximum atomic E-state index is 11.1. The third kappa shape index (κ3) is 2.94. The van der Waals surface area contributed by atoms with Crippen LogP contribution in [0, 0.1) is 0 Å². The van der Waals surface area contributed by atoms with Gasteiger partial charge in [-0.2, -0.15) is 5.26 Å². The Morgan fingerprint density at radius 3 is 2.87 bits per heavy atom. The summed E-state index contributed by atoms with van der Waals surface area (Å²) in [6.45, 7) is 2.08. The number of halogens is 1. The third-order valence-corrected chi connectivity index (χ3v) is 2.63. The monoisotopic (exact) mass is 228 g/mol. The van der Waals surface area contributed by atoms with Crippen LogP contribution < -0.4 is 0 Å². The molecule has 0 aliphatic heterocycles. The molecule has 0 fully saturated rings. The summed E-state index contributed by atoms with van der Waals surface area (Å²) in [7, 11) is 0. The molecule has 4 heteroatoms. The van der Waals surface area contributed by atoms with Gasteiger partial charge in [0.05, 0.1) is 10.6 Å². The van der Waals surface area contributed by atoms with Crippen LogP contribution in [0.15, 0.2) is 18.2 Å². The number of hydrogen-bond acceptors (Lipinski definition) is 3. The Kier molecular flexibility index (Phi) is 4.59. The largest absolute Gasteiger partial charge is 0.374 e. The normalized spacial score (nSPS) is 10.1. The van der Waals surface area contributed by atoms with Gasteiger partial charge >= 0.3 is 5.97 Å². The minimum Gasteiger partial charge on any atom is -0.295 e. The predicted octanol–water partition coefficient (Wildman–Crippen LogP) is 3.31. The molecule has 1 rings (SSSR count). The molecular weight excluding hydrogens is 216 g/mol. The molecule has 0 heterocycles. The van der Waals surface area contributed by atoms with Gasteiger partial charge in [0.1, 0.15) is 0 Å². The van der Waals surface area contributed by atoms with Crippen LogP contribution in [0.25, 0.3) is 0 Å². The SMILES string of the molecule is CCCCc1cccc(C(=O)OO)c1Cl. The molecule has 0 spiro atoms. The topological polar surface area (TPSA) is 46.5 Å². The quantitative estimate of drug-likeness (QED) is 0.635. The fourth-order valence-corrected chi connectivity index (χ4v) is 1.64. The zero-order valence-electron chi connectivity index (χ0n) is 8.50. The van der Waals surface area contributed by atoms with E-state index < -0.39 is 5.97 Å². The van der Waals surface area contributed by atoms with Gasteiger partial charge in [-0.15, -0.1) is 0 Å². The summed E-state index contributed by atoms with van der Waals surface area (Å²) in [6.07, 6.45) is 2.89. The molecule has 0 aliphatic rings. The van der Waals surface area contributed by atoms with Crippen LogP contribution in [0.5, 0.6) is 0 Å². The number of carbonyl (C=O) groups is 1. The molecule has 0 aromatic heterocycles. The fraction of sp³-hybridized carbons (Fsp3) is 0.364. The Morgan fingerprint density at radius 2 is 2.27 bits per heavy atom. The van der Waals surface area contributed by atoms with Crippen molar-refractivity contribution < 1.29 is 14.9 Å². The maximum absolute atomic E-state index is 11.1. The van der Waals surface area contributed by atoms with Gasteiger partial charge in [-0.1, -0.05) is 37.1 Å². The van der Waals surface area contributed by atoms with Crippen LogP contribution in [0.4, 0.5) is 0 Å². The third-order valence-electron chi connectivity index (χ3n) is 2.18. The number of carbonyl (C=O) groups excluding carboxylic acids is 1. The fourth-order valence-electron chi connectivity index (χ4n) is 1.35. The highest BCUT2D eigenvalue weighted by atomic mass is 35.5. The molecule has 0 amide bonds. The molecule has 0 saturated carbocycles. The molecule has 15 heavy (non-hydrogen) atoms. The van der Waals surface area contributed by atoms with Gasteiger partial charge in [0.15, 0.2) is 0 Å². The Hall–Kier alpha value is -1.06. The van der Waals surface area contributed by atoms with E-state index in [1.165, 1.54) is 6.07 Å². The van der Waals surface area contributed by atoms with Crippen LogP contribution in [-0.2, 0) is 11.3 Å². The van der Waals surface area contributed by atoms with Crippen molar-refractivity contribution in [2.45, 2.75) is 26.2 Å². The van der Waals surface area contributed by atoms with E-state index in [0.717, 1.165) is 24.8 Å². The number of aryl methyl sites for hydroxylation is 1. The van der Waals surface area contributed by atoms with Gasteiger partial charge in [0.2, 0.25) is 0 Å². The van der Waals surface area contributed by atoms with Crippen molar-refractivity contribution >= 4 is 17.6 Å². The number of hydrogen-bond donors (Lipinski definition) is 1. The summed E-state index contributed by atoms with van der Waals surface area (Å²) in [5, 5.41) is 8.64. The van der Waals surface area contributed by atoms with Gasteiger partial charge in [-0.05, 0) is 24.5 Å². The van der Waals surface area contributed by atoms with Crippen LogP contribution >= 0.6 is 11.6 Å². The van der Waals surface area contributed by atoms with E-state index in [1.807, 2.05) is 6.07 Å². The summed E-state index contributed by atoms with van der Waals surface area (Å²) < 4.78 is 0. The molecule has 1 aromatic rings. The van der Waals surface area contributed by atoms with Crippen LogP contribution in [0.3, 0.4) is 0 Å². The molecule has 82 valence electrons. The molecule has 0 unspecified atom stereocenters. The highest BCUT2D eigenvalue weighted by molar-refractivity contribution is 6.34. The van der Waals surface area contributed by atoms with Gasteiger partial charge in [0, 0.05) is 0 Å². The molecule has 1 aromatic carbocycles. The maximum Gasteiger partial charge on any atom is 0.374 e. The van der Waals surface area contributed by atoms with Crippen molar-refractivity contribution in [2.75, 3.05) is 0 Å². The lowest BCUT2D eigenvalue weighted by Gasteiger charge is -2.06. The zero-order valence-corrected chi connectivity index (χ0v) is 9.25. The summed E-state index contributed by atoms with van der Waals surface area (Å²) in [5.41, 5.74) is 1.11. The number of rotatable bonds is 4. The molecular formula is C11H13ClO3. The van der Waals surface area contributed by atoms with Crippen molar-refractivity contribution in [2.24, 2.45) is 0 Å². The predicted molar refractivity (Wildman–Crippen MR) is 58.1 cm³/mol. The number of benzene rings is 1. The minimum absolute atomic E-state index is 0.202. The summed E-state index contributed by atoms with van der Waals surface area (Å²) in [4.78, 5) is 14.8. The molecule has 0 saturated heterocycles. The van der Waals surface area contributed by atoms with Crippen molar-refractivity contribution in [1.29, 1.82) is 0 Å². The summed E-state index contributed by atoms with van der Waals surface area (Å²) >= 11 is 6.01. The first kappa shape index (κ1) is 12.0. The second kappa shape index (κ2) is 5.73.